The van der Waals surface area contributed by atoms with E-state index in [0.717, 1.165) is 5.56 Å². The fraction of sp³-hybridized carbons (Fsp3) is 0.0833. The molecule has 3 heteroatoms. The maximum absolute atomic E-state index is 11.9. The van der Waals surface area contributed by atoms with Crippen LogP contribution < -0.4 is 0 Å². The lowest BCUT2D eigenvalue weighted by molar-refractivity contribution is 0.103. The van der Waals surface area contributed by atoms with Gasteiger partial charge in [0, 0.05) is 10.6 Å². The van der Waals surface area contributed by atoms with Crippen molar-refractivity contribution >= 4 is 17.4 Å². The Morgan fingerprint density at radius 1 is 1.27 bits per heavy atom. The lowest BCUT2D eigenvalue weighted by atomic mass is 10.0. The molecule has 0 atom stereocenters. The summed E-state index contributed by atoms with van der Waals surface area (Å²) in [6.45, 7) is 1.90. The van der Waals surface area contributed by atoms with Crippen molar-refractivity contribution in [1.29, 1.82) is 0 Å². The summed E-state index contributed by atoms with van der Waals surface area (Å²) >= 11 is 5.88. The van der Waals surface area contributed by atoms with E-state index >= 15 is 0 Å². The lowest BCUT2D eigenvalue weighted by Gasteiger charge is -2.01. The molecular weight excluding hydrogens is 212 g/mol. The number of benzene rings is 1. The molecule has 0 aliphatic heterocycles. The highest BCUT2D eigenvalue weighted by Gasteiger charge is 2.10. The first-order valence-corrected chi connectivity index (χ1v) is 4.89. The highest BCUT2D eigenvalue weighted by Crippen LogP contribution is 2.17. The van der Waals surface area contributed by atoms with Gasteiger partial charge in [0.15, 0.2) is 5.78 Å². The zero-order chi connectivity index (χ0) is 10.8. The normalized spacial score (nSPS) is 10.3. The van der Waals surface area contributed by atoms with Crippen molar-refractivity contribution in [3.8, 4) is 0 Å². The highest BCUT2D eigenvalue weighted by molar-refractivity contribution is 6.31. The Bertz CT molecular complexity index is 466. The molecule has 1 heterocycles. The Morgan fingerprint density at radius 3 is 2.67 bits per heavy atom. The van der Waals surface area contributed by atoms with Gasteiger partial charge in [0.2, 0.25) is 0 Å². The Labute approximate surface area is 92.5 Å². The summed E-state index contributed by atoms with van der Waals surface area (Å²) in [4.78, 5) is 11.9. The SMILES string of the molecule is Cc1cc(Cl)cc(C(=O)c2ccoc2)c1. The molecule has 0 fully saturated rings. The van der Waals surface area contributed by atoms with Crippen molar-refractivity contribution in [2.75, 3.05) is 0 Å². The number of aryl methyl sites for hydroxylation is 1. The quantitative estimate of drug-likeness (QED) is 0.726. The molecule has 0 bridgehead atoms. The number of rotatable bonds is 2. The van der Waals surface area contributed by atoms with Gasteiger partial charge in [0.25, 0.3) is 0 Å². The molecule has 0 aliphatic rings. The minimum absolute atomic E-state index is 0.0747. The number of carbonyl (C=O) groups is 1. The summed E-state index contributed by atoms with van der Waals surface area (Å²) in [5.74, 6) is -0.0747. The van der Waals surface area contributed by atoms with Crippen LogP contribution in [0.5, 0.6) is 0 Å². The second-order valence-electron chi connectivity index (χ2n) is 3.36. The third-order valence-electron chi connectivity index (χ3n) is 2.09. The molecule has 15 heavy (non-hydrogen) atoms. The molecule has 0 aliphatic carbocycles. The number of halogens is 1. The van der Waals surface area contributed by atoms with Gasteiger partial charge in [0.05, 0.1) is 11.8 Å². The summed E-state index contributed by atoms with van der Waals surface area (Å²) in [6.07, 6.45) is 2.91. The summed E-state index contributed by atoms with van der Waals surface area (Å²) in [7, 11) is 0. The second-order valence-corrected chi connectivity index (χ2v) is 3.79. The van der Waals surface area contributed by atoms with E-state index in [4.69, 9.17) is 16.0 Å². The second kappa shape index (κ2) is 3.91. The number of ketones is 1. The molecule has 0 amide bonds. The van der Waals surface area contributed by atoms with Crippen molar-refractivity contribution < 1.29 is 9.21 Å². The topological polar surface area (TPSA) is 30.2 Å². The van der Waals surface area contributed by atoms with Crippen molar-refractivity contribution in [1.82, 2.24) is 0 Å². The summed E-state index contributed by atoms with van der Waals surface area (Å²) in [6, 6.07) is 6.91. The number of carbonyl (C=O) groups excluding carboxylic acids is 1. The predicted molar refractivity (Wildman–Crippen MR) is 58.3 cm³/mol. The van der Waals surface area contributed by atoms with Gasteiger partial charge in [-0.3, -0.25) is 4.79 Å². The summed E-state index contributed by atoms with van der Waals surface area (Å²) < 4.78 is 4.86. The molecule has 0 saturated heterocycles. The molecule has 76 valence electrons. The lowest BCUT2D eigenvalue weighted by Crippen LogP contribution is -1.99. The van der Waals surface area contributed by atoms with E-state index in [1.807, 2.05) is 13.0 Å². The average Bonchev–Trinajstić information content (AvgIpc) is 2.67. The molecule has 0 unspecified atom stereocenters. The molecule has 0 N–H and O–H groups in total. The van der Waals surface area contributed by atoms with Crippen molar-refractivity contribution in [3.05, 3.63) is 58.5 Å². The van der Waals surface area contributed by atoms with Crippen molar-refractivity contribution in [2.24, 2.45) is 0 Å². The number of hydrogen-bond acceptors (Lipinski definition) is 2. The van der Waals surface area contributed by atoms with E-state index in [9.17, 15) is 4.79 Å². The zero-order valence-electron chi connectivity index (χ0n) is 8.16. The van der Waals surface area contributed by atoms with E-state index in [0.29, 0.717) is 16.1 Å². The van der Waals surface area contributed by atoms with E-state index in [-0.39, 0.29) is 5.78 Å². The largest absolute Gasteiger partial charge is 0.472 e. The third kappa shape index (κ3) is 2.10. The van der Waals surface area contributed by atoms with Crippen LogP contribution in [0.15, 0.2) is 41.2 Å². The van der Waals surface area contributed by atoms with E-state index in [1.165, 1.54) is 12.5 Å². The fourth-order valence-electron chi connectivity index (χ4n) is 1.43. The van der Waals surface area contributed by atoms with Crippen LogP contribution in [0.2, 0.25) is 5.02 Å². The van der Waals surface area contributed by atoms with Crippen LogP contribution in [-0.4, -0.2) is 5.78 Å². The maximum Gasteiger partial charge on any atom is 0.196 e. The van der Waals surface area contributed by atoms with Crippen LogP contribution >= 0.6 is 11.6 Å². The minimum Gasteiger partial charge on any atom is -0.472 e. The van der Waals surface area contributed by atoms with Gasteiger partial charge in [-0.15, -0.1) is 0 Å². The van der Waals surface area contributed by atoms with Gasteiger partial charge in [-0.25, -0.2) is 0 Å². The molecule has 2 rings (SSSR count). The Balaban J connectivity index is 2.42. The molecule has 0 spiro atoms. The molecule has 0 radical (unpaired) electrons. The minimum atomic E-state index is -0.0747. The average molecular weight is 221 g/mol. The molecule has 1 aromatic carbocycles. The first-order valence-electron chi connectivity index (χ1n) is 4.51. The van der Waals surface area contributed by atoms with Crippen LogP contribution in [0.25, 0.3) is 0 Å². The molecule has 1 aromatic heterocycles. The number of furan rings is 1. The van der Waals surface area contributed by atoms with Crippen LogP contribution in [0.4, 0.5) is 0 Å². The van der Waals surface area contributed by atoms with Gasteiger partial charge in [-0.2, -0.15) is 0 Å². The van der Waals surface area contributed by atoms with Crippen LogP contribution in [0.3, 0.4) is 0 Å². The Morgan fingerprint density at radius 2 is 2.07 bits per heavy atom. The smallest absolute Gasteiger partial charge is 0.196 e. The monoisotopic (exact) mass is 220 g/mol. The van der Waals surface area contributed by atoms with Crippen molar-refractivity contribution in [3.63, 3.8) is 0 Å². The Hall–Kier alpha value is -1.54. The number of hydrogen-bond donors (Lipinski definition) is 0. The van der Waals surface area contributed by atoms with E-state index < -0.39 is 0 Å². The zero-order valence-corrected chi connectivity index (χ0v) is 8.91. The summed E-state index contributed by atoms with van der Waals surface area (Å²) in [5, 5.41) is 0.571. The Kier molecular flexibility index (Phi) is 2.60. The van der Waals surface area contributed by atoms with Crippen LogP contribution in [0, 0.1) is 6.92 Å². The van der Waals surface area contributed by atoms with Gasteiger partial charge < -0.3 is 4.42 Å². The van der Waals surface area contributed by atoms with Gasteiger partial charge >= 0.3 is 0 Å². The fourth-order valence-corrected chi connectivity index (χ4v) is 1.72. The predicted octanol–water partition coefficient (Wildman–Crippen LogP) is 3.47. The van der Waals surface area contributed by atoms with Gasteiger partial charge in [-0.05, 0) is 36.8 Å². The maximum atomic E-state index is 11.9. The first kappa shape index (κ1) is 9.99. The van der Waals surface area contributed by atoms with Crippen LogP contribution in [-0.2, 0) is 0 Å². The van der Waals surface area contributed by atoms with E-state index in [1.54, 1.807) is 18.2 Å². The molecule has 2 aromatic rings. The first-order chi connectivity index (χ1) is 7.16. The van der Waals surface area contributed by atoms with Gasteiger partial charge in [-0.1, -0.05) is 11.6 Å². The highest BCUT2D eigenvalue weighted by atomic mass is 35.5. The van der Waals surface area contributed by atoms with Gasteiger partial charge in [0.1, 0.15) is 6.26 Å². The van der Waals surface area contributed by atoms with E-state index in [2.05, 4.69) is 0 Å². The van der Waals surface area contributed by atoms with Crippen molar-refractivity contribution in [2.45, 2.75) is 6.92 Å². The standard InChI is InChI=1S/C12H9ClO2/c1-8-4-10(6-11(13)5-8)12(14)9-2-3-15-7-9/h2-7H,1H3. The molecule has 0 saturated carbocycles. The summed E-state index contributed by atoms with van der Waals surface area (Å²) in [5.41, 5.74) is 2.09. The van der Waals surface area contributed by atoms with Crippen LogP contribution in [0.1, 0.15) is 21.5 Å². The molecular formula is C12H9ClO2. The molecule has 2 nitrogen and oxygen atoms in total. The third-order valence-corrected chi connectivity index (χ3v) is 2.31.